The van der Waals surface area contributed by atoms with Crippen molar-refractivity contribution in [3.05, 3.63) is 42.1 Å². The van der Waals surface area contributed by atoms with E-state index in [1.807, 2.05) is 35.2 Å². The van der Waals surface area contributed by atoms with Crippen molar-refractivity contribution in [2.75, 3.05) is 20.2 Å². The van der Waals surface area contributed by atoms with Gasteiger partial charge in [-0.15, -0.1) is 0 Å². The van der Waals surface area contributed by atoms with E-state index in [4.69, 9.17) is 10.5 Å². The largest absolute Gasteiger partial charge is 0.376 e. The molecule has 1 aromatic heterocycles. The first-order chi connectivity index (χ1) is 12.0. The molecule has 1 aliphatic heterocycles. The number of nitrogens with two attached hydrogens (primary N) is 1. The number of amides is 2. The number of hydrogen-bond acceptors (Lipinski definition) is 4. The third-order valence-corrected chi connectivity index (χ3v) is 4.96. The molecule has 1 unspecified atom stereocenters. The van der Waals surface area contributed by atoms with E-state index in [9.17, 15) is 9.59 Å². The minimum Gasteiger partial charge on any atom is -0.376 e. The molecule has 2 aromatic rings. The first kappa shape index (κ1) is 17.4. The molecular formula is C19H23N3O3. The van der Waals surface area contributed by atoms with Crippen molar-refractivity contribution in [2.24, 2.45) is 5.73 Å². The zero-order valence-electron chi connectivity index (χ0n) is 14.4. The Labute approximate surface area is 147 Å². The lowest BCUT2D eigenvalue weighted by Gasteiger charge is -2.42. The molecule has 0 aliphatic carbocycles. The van der Waals surface area contributed by atoms with Gasteiger partial charge in [-0.2, -0.15) is 0 Å². The third-order valence-electron chi connectivity index (χ3n) is 4.96. The molecule has 0 bridgehead atoms. The number of benzene rings is 1. The van der Waals surface area contributed by atoms with Gasteiger partial charge in [0, 0.05) is 43.8 Å². The highest BCUT2D eigenvalue weighted by Crippen LogP contribution is 2.30. The summed E-state index contributed by atoms with van der Waals surface area (Å²) in [4.78, 5) is 30.4. The zero-order chi connectivity index (χ0) is 17.9. The molecule has 0 saturated carbocycles. The van der Waals surface area contributed by atoms with Gasteiger partial charge in [0.05, 0.1) is 11.1 Å². The average Bonchev–Trinajstić information content (AvgIpc) is 2.65. The molecule has 1 fully saturated rings. The predicted octanol–water partition coefficient (Wildman–Crippen LogP) is 2.12. The van der Waals surface area contributed by atoms with Crippen molar-refractivity contribution in [1.82, 2.24) is 9.88 Å². The molecule has 0 radical (unpaired) electrons. The van der Waals surface area contributed by atoms with Crippen molar-refractivity contribution < 1.29 is 14.3 Å². The lowest BCUT2D eigenvalue weighted by molar-refractivity contribution is -0.120. The second kappa shape index (κ2) is 7.19. The van der Waals surface area contributed by atoms with Crippen LogP contribution in [0.1, 0.15) is 36.0 Å². The van der Waals surface area contributed by atoms with Crippen LogP contribution in [0.15, 0.2) is 36.5 Å². The number of carbonyl (C=O) groups is 2. The second-order valence-corrected chi connectivity index (χ2v) is 6.56. The molecule has 132 valence electrons. The fourth-order valence-electron chi connectivity index (χ4n) is 3.56. The van der Waals surface area contributed by atoms with E-state index in [0.717, 1.165) is 23.7 Å². The van der Waals surface area contributed by atoms with Crippen LogP contribution in [0.4, 0.5) is 0 Å². The number of likely N-dealkylation sites (tertiary alicyclic amines) is 1. The number of hydrogen-bond donors (Lipinski definition) is 1. The van der Waals surface area contributed by atoms with Gasteiger partial charge in [0.1, 0.15) is 0 Å². The summed E-state index contributed by atoms with van der Waals surface area (Å²) in [5.74, 6) is -0.376. The standard InChI is InChI=1S/C19H23N3O3/c1-25-19(10-8-17(20)23)9-4-12-22(13-19)18(24)15-5-2-7-16-14(15)6-3-11-21-16/h2-3,5-7,11H,4,8-10,12-13H2,1H3,(H2,20,23). The first-order valence-electron chi connectivity index (χ1n) is 8.51. The first-order valence-corrected chi connectivity index (χ1v) is 8.51. The molecular weight excluding hydrogens is 318 g/mol. The molecule has 25 heavy (non-hydrogen) atoms. The molecule has 3 rings (SSSR count). The highest BCUT2D eigenvalue weighted by molar-refractivity contribution is 6.06. The Kier molecular flexibility index (Phi) is 4.99. The molecule has 1 aromatic carbocycles. The Morgan fingerprint density at radius 3 is 2.92 bits per heavy atom. The van der Waals surface area contributed by atoms with E-state index >= 15 is 0 Å². The summed E-state index contributed by atoms with van der Waals surface area (Å²) >= 11 is 0. The summed E-state index contributed by atoms with van der Waals surface area (Å²) in [5, 5.41) is 0.848. The van der Waals surface area contributed by atoms with Crippen LogP contribution in [-0.2, 0) is 9.53 Å². The van der Waals surface area contributed by atoms with Crippen LogP contribution in [0, 0.1) is 0 Å². The van der Waals surface area contributed by atoms with E-state index in [1.54, 1.807) is 13.3 Å². The number of pyridine rings is 1. The minimum atomic E-state index is -0.508. The molecule has 1 aliphatic rings. The van der Waals surface area contributed by atoms with Gasteiger partial charge in [0.15, 0.2) is 0 Å². The molecule has 2 amide bonds. The van der Waals surface area contributed by atoms with Crippen LogP contribution < -0.4 is 5.73 Å². The maximum Gasteiger partial charge on any atom is 0.254 e. The summed E-state index contributed by atoms with van der Waals surface area (Å²) < 4.78 is 5.72. The third kappa shape index (κ3) is 3.64. The predicted molar refractivity (Wildman–Crippen MR) is 95.0 cm³/mol. The maximum atomic E-state index is 13.1. The Bertz CT molecular complexity index is 787. The molecule has 6 heteroatoms. The Morgan fingerprint density at radius 2 is 2.16 bits per heavy atom. The SMILES string of the molecule is COC1(CCC(N)=O)CCCN(C(=O)c2cccc3ncccc23)C1. The fraction of sp³-hybridized carbons (Fsp3) is 0.421. The molecule has 6 nitrogen and oxygen atoms in total. The van der Waals surface area contributed by atoms with Crippen LogP contribution in [0.2, 0.25) is 0 Å². The summed E-state index contributed by atoms with van der Waals surface area (Å²) in [7, 11) is 1.64. The van der Waals surface area contributed by atoms with E-state index in [-0.39, 0.29) is 18.2 Å². The molecule has 2 heterocycles. The number of aromatic nitrogens is 1. The minimum absolute atomic E-state index is 0.0289. The number of ether oxygens (including phenoxy) is 1. The number of primary amides is 1. The van der Waals surface area contributed by atoms with Gasteiger partial charge >= 0.3 is 0 Å². The highest BCUT2D eigenvalue weighted by atomic mass is 16.5. The van der Waals surface area contributed by atoms with Crippen molar-refractivity contribution in [3.63, 3.8) is 0 Å². The lowest BCUT2D eigenvalue weighted by Crippen LogP contribution is -2.51. The van der Waals surface area contributed by atoms with Crippen molar-refractivity contribution in [1.29, 1.82) is 0 Å². The van der Waals surface area contributed by atoms with Gasteiger partial charge in [-0.05, 0) is 37.5 Å². The molecule has 2 N–H and O–H groups in total. The zero-order valence-corrected chi connectivity index (χ0v) is 14.4. The summed E-state index contributed by atoms with van der Waals surface area (Å²) in [6, 6.07) is 9.33. The van der Waals surface area contributed by atoms with Crippen LogP contribution in [0.25, 0.3) is 10.9 Å². The summed E-state index contributed by atoms with van der Waals surface area (Å²) in [5.41, 5.74) is 6.23. The molecule has 1 atom stereocenters. The van der Waals surface area contributed by atoms with Crippen LogP contribution in [0.3, 0.4) is 0 Å². The van der Waals surface area contributed by atoms with Crippen LogP contribution >= 0.6 is 0 Å². The normalized spacial score (nSPS) is 20.6. The fourth-order valence-corrected chi connectivity index (χ4v) is 3.56. The average molecular weight is 341 g/mol. The number of rotatable bonds is 5. The van der Waals surface area contributed by atoms with E-state index in [1.165, 1.54) is 0 Å². The number of carbonyl (C=O) groups excluding carboxylic acids is 2. The molecule has 0 spiro atoms. The quantitative estimate of drug-likeness (QED) is 0.902. The Morgan fingerprint density at radius 1 is 1.32 bits per heavy atom. The van der Waals surface area contributed by atoms with Crippen LogP contribution in [-0.4, -0.2) is 47.5 Å². The topological polar surface area (TPSA) is 85.5 Å². The van der Waals surface area contributed by atoms with Crippen molar-refractivity contribution >= 4 is 22.7 Å². The van der Waals surface area contributed by atoms with E-state index < -0.39 is 5.60 Å². The Hall–Kier alpha value is -2.47. The van der Waals surface area contributed by atoms with Gasteiger partial charge in [-0.25, -0.2) is 0 Å². The van der Waals surface area contributed by atoms with Gasteiger partial charge in [-0.3, -0.25) is 14.6 Å². The smallest absolute Gasteiger partial charge is 0.254 e. The van der Waals surface area contributed by atoms with Gasteiger partial charge in [-0.1, -0.05) is 12.1 Å². The van der Waals surface area contributed by atoms with Gasteiger partial charge in [0.25, 0.3) is 5.91 Å². The lowest BCUT2D eigenvalue weighted by atomic mass is 9.87. The van der Waals surface area contributed by atoms with Crippen molar-refractivity contribution in [3.8, 4) is 0 Å². The van der Waals surface area contributed by atoms with Crippen LogP contribution in [0.5, 0.6) is 0 Å². The number of fused-ring (bicyclic) bond motifs is 1. The second-order valence-electron chi connectivity index (χ2n) is 6.56. The number of nitrogens with zero attached hydrogens (tertiary/aromatic N) is 2. The van der Waals surface area contributed by atoms with Gasteiger partial charge < -0.3 is 15.4 Å². The van der Waals surface area contributed by atoms with E-state index in [2.05, 4.69) is 4.98 Å². The Balaban J connectivity index is 1.85. The number of methoxy groups -OCH3 is 1. The molecule has 1 saturated heterocycles. The highest BCUT2D eigenvalue weighted by Gasteiger charge is 2.37. The summed E-state index contributed by atoms with van der Waals surface area (Å²) in [6.07, 6.45) is 4.16. The van der Waals surface area contributed by atoms with Gasteiger partial charge in [0.2, 0.25) is 5.91 Å². The monoisotopic (exact) mass is 341 g/mol. The van der Waals surface area contributed by atoms with Crippen molar-refractivity contribution in [2.45, 2.75) is 31.3 Å². The maximum absolute atomic E-state index is 13.1. The summed E-state index contributed by atoms with van der Waals surface area (Å²) in [6.45, 7) is 1.14. The van der Waals surface area contributed by atoms with E-state index in [0.29, 0.717) is 25.1 Å². The number of piperidine rings is 1.